The smallest absolute Gasteiger partial charge is 0.286 e. The zero-order valence-corrected chi connectivity index (χ0v) is 4.00. The van der Waals surface area contributed by atoms with E-state index in [2.05, 4.69) is 15.9 Å². The monoisotopic (exact) mass is 142 g/mol. The third kappa shape index (κ3) is 4.40. The van der Waals surface area contributed by atoms with Crippen molar-refractivity contribution in [2.75, 3.05) is 5.23 Å². The van der Waals surface area contributed by atoms with Crippen LogP contribution in [0.4, 0.5) is 8.63 Å². The molecule has 0 bridgehead atoms. The van der Waals surface area contributed by atoms with Gasteiger partial charge in [-0.25, -0.2) is 0 Å². The molecule has 0 fully saturated rings. The molecule has 0 aromatic rings. The predicted octanol–water partition coefficient (Wildman–Crippen LogP) is 1.35. The first-order valence-electron chi connectivity index (χ1n) is 1.11. The first-order chi connectivity index (χ1) is 2.27. The topological polar surface area (TPSA) is 0 Å². The van der Waals surface area contributed by atoms with E-state index in [1.54, 1.807) is 0 Å². The van der Waals surface area contributed by atoms with Crippen LogP contribution in [0.1, 0.15) is 0 Å². The number of rotatable bonds is 1. The average Bonchev–Trinajstić information content (AvgIpc) is 1.38. The van der Waals surface area contributed by atoms with Crippen molar-refractivity contribution in [2.24, 2.45) is 0 Å². The fourth-order valence-corrected chi connectivity index (χ4v) is 0. The fourth-order valence-electron chi connectivity index (χ4n) is 0. The highest BCUT2D eigenvalue weighted by Crippen LogP contribution is 1.88. The lowest BCUT2D eigenvalue weighted by atomic mass is 10.1. The molecule has 0 unspecified atom stereocenters. The molecule has 0 aromatic carbocycles. The van der Waals surface area contributed by atoms with Crippen LogP contribution in [0, 0.1) is 0 Å². The van der Waals surface area contributed by atoms with Crippen molar-refractivity contribution in [2.45, 2.75) is 0 Å². The van der Waals surface area contributed by atoms with Crippen LogP contribution < -0.4 is 0 Å². The van der Waals surface area contributed by atoms with Crippen LogP contribution in [0.15, 0.2) is 0 Å². The van der Waals surface area contributed by atoms with Crippen LogP contribution in [-0.2, 0) is 0 Å². The second-order valence-electron chi connectivity index (χ2n) is 0.545. The Kier molecular flexibility index (Phi) is 2.85. The maximum Gasteiger partial charge on any atom is 0.548 e. The summed E-state index contributed by atoms with van der Waals surface area (Å²) in [7, 11) is -2.20. The molecule has 0 aliphatic heterocycles. The Labute approximate surface area is 37.9 Å². The van der Waals surface area contributed by atoms with E-state index >= 15 is 0 Å². The molecule has 0 aliphatic rings. The molecule has 0 N–H and O–H groups in total. The molecule has 0 rings (SSSR count). The second kappa shape index (κ2) is 2.63. The summed E-state index contributed by atoms with van der Waals surface area (Å²) in [4.78, 5) is 0. The van der Waals surface area contributed by atoms with Crippen molar-refractivity contribution in [3.63, 3.8) is 0 Å². The SMILES string of the molecule is FB(F)CBr. The molecule has 30 valence electrons. The van der Waals surface area contributed by atoms with Crippen molar-refractivity contribution in [1.29, 1.82) is 0 Å². The normalized spacial score (nSPS) is 7.80. The van der Waals surface area contributed by atoms with Crippen LogP contribution >= 0.6 is 15.9 Å². The standard InChI is InChI=1S/CH2BBrF2/c3-1-2(4)5/h1H2. The van der Waals surface area contributed by atoms with Crippen molar-refractivity contribution in [3.8, 4) is 0 Å². The van der Waals surface area contributed by atoms with Crippen LogP contribution in [0.3, 0.4) is 0 Å². The molecule has 0 heterocycles. The first-order valence-corrected chi connectivity index (χ1v) is 2.23. The minimum absolute atomic E-state index is 0.215. The maximum atomic E-state index is 10.7. The lowest BCUT2D eigenvalue weighted by Gasteiger charge is -1.72. The molecule has 0 saturated heterocycles. The summed E-state index contributed by atoms with van der Waals surface area (Å²) in [6.45, 7) is 0. The van der Waals surface area contributed by atoms with E-state index in [1.807, 2.05) is 0 Å². The van der Waals surface area contributed by atoms with Crippen molar-refractivity contribution >= 4 is 23.2 Å². The van der Waals surface area contributed by atoms with E-state index in [0.29, 0.717) is 0 Å². The van der Waals surface area contributed by atoms with Crippen LogP contribution in [-0.4, -0.2) is 12.5 Å². The van der Waals surface area contributed by atoms with Gasteiger partial charge in [0.05, 0.1) is 0 Å². The Bertz CT molecular complexity index is 23.6. The molecule has 4 heteroatoms. The van der Waals surface area contributed by atoms with Crippen LogP contribution in [0.5, 0.6) is 0 Å². The predicted molar refractivity (Wildman–Crippen MR) is 21.8 cm³/mol. The fraction of sp³-hybridized carbons (Fsp3) is 1.00. The van der Waals surface area contributed by atoms with Gasteiger partial charge in [-0.1, -0.05) is 15.9 Å². The lowest BCUT2D eigenvalue weighted by Crippen LogP contribution is -1.95. The summed E-state index contributed by atoms with van der Waals surface area (Å²) in [5.74, 6) is 0. The zero-order valence-electron chi connectivity index (χ0n) is 2.42. The molecule has 0 aliphatic carbocycles. The molecule has 0 amide bonds. The van der Waals surface area contributed by atoms with E-state index in [-0.39, 0.29) is 5.23 Å². The van der Waals surface area contributed by atoms with Crippen molar-refractivity contribution in [3.05, 3.63) is 0 Å². The molecule has 0 aromatic heterocycles. The second-order valence-corrected chi connectivity index (χ2v) is 1.19. The molecule has 0 radical (unpaired) electrons. The summed E-state index contributed by atoms with van der Waals surface area (Å²) < 4.78 is 21.4. The van der Waals surface area contributed by atoms with Gasteiger partial charge in [-0.05, 0) is 0 Å². The van der Waals surface area contributed by atoms with Gasteiger partial charge in [0.1, 0.15) is 0 Å². The van der Waals surface area contributed by atoms with E-state index in [4.69, 9.17) is 0 Å². The molecule has 5 heavy (non-hydrogen) atoms. The number of alkyl halides is 1. The van der Waals surface area contributed by atoms with Gasteiger partial charge in [0.2, 0.25) is 0 Å². The molecule has 0 nitrogen and oxygen atoms in total. The quantitative estimate of drug-likeness (QED) is 0.383. The summed E-state index contributed by atoms with van der Waals surface area (Å²) in [6, 6.07) is 0. The van der Waals surface area contributed by atoms with Gasteiger partial charge >= 0.3 is 7.27 Å². The van der Waals surface area contributed by atoms with Gasteiger partial charge in [0.15, 0.2) is 0 Å². The Morgan fingerprint density at radius 2 is 1.80 bits per heavy atom. The number of hydrogen-bond donors (Lipinski definition) is 0. The molecule has 0 saturated carbocycles. The highest BCUT2D eigenvalue weighted by molar-refractivity contribution is 9.09. The highest BCUT2D eigenvalue weighted by atomic mass is 79.9. The average molecular weight is 143 g/mol. The lowest BCUT2D eigenvalue weighted by molar-refractivity contribution is 0.672. The van der Waals surface area contributed by atoms with Crippen molar-refractivity contribution in [1.82, 2.24) is 0 Å². The van der Waals surface area contributed by atoms with E-state index < -0.39 is 7.27 Å². The summed E-state index contributed by atoms with van der Waals surface area (Å²) in [5.41, 5.74) is 0. The largest absolute Gasteiger partial charge is 0.548 e. The molecule has 0 atom stereocenters. The Balaban J connectivity index is 2.54. The number of hydrogen-bond acceptors (Lipinski definition) is 0. The van der Waals surface area contributed by atoms with E-state index in [9.17, 15) is 8.63 Å². The Morgan fingerprint density at radius 1 is 1.60 bits per heavy atom. The minimum Gasteiger partial charge on any atom is -0.286 e. The van der Waals surface area contributed by atoms with Gasteiger partial charge in [0, 0.05) is 5.23 Å². The van der Waals surface area contributed by atoms with Gasteiger partial charge < -0.3 is 0 Å². The number of halogens is 3. The highest BCUT2D eigenvalue weighted by Gasteiger charge is 2.05. The minimum atomic E-state index is -2.20. The summed E-state index contributed by atoms with van der Waals surface area (Å²) in [6.07, 6.45) is 0. The Hall–Kier alpha value is 0.405. The summed E-state index contributed by atoms with van der Waals surface area (Å²) in [5, 5.41) is -0.215. The van der Waals surface area contributed by atoms with E-state index in [0.717, 1.165) is 0 Å². The molecular formula is CH2BBrF2. The third-order valence-corrected chi connectivity index (χ3v) is 0.606. The van der Waals surface area contributed by atoms with E-state index in [1.165, 1.54) is 0 Å². The zero-order chi connectivity index (χ0) is 4.28. The first kappa shape index (κ1) is 5.40. The van der Waals surface area contributed by atoms with Crippen LogP contribution in [0.2, 0.25) is 0 Å². The van der Waals surface area contributed by atoms with Crippen LogP contribution in [0.25, 0.3) is 0 Å². The van der Waals surface area contributed by atoms with Gasteiger partial charge in [-0.3, -0.25) is 8.63 Å². The molecule has 0 spiro atoms. The van der Waals surface area contributed by atoms with Gasteiger partial charge in [0.25, 0.3) is 0 Å². The Morgan fingerprint density at radius 3 is 1.80 bits per heavy atom. The maximum absolute atomic E-state index is 10.7. The third-order valence-electron chi connectivity index (χ3n) is 0.117. The van der Waals surface area contributed by atoms with Gasteiger partial charge in [-0.15, -0.1) is 0 Å². The van der Waals surface area contributed by atoms with Crippen molar-refractivity contribution < 1.29 is 8.63 Å². The van der Waals surface area contributed by atoms with Gasteiger partial charge in [-0.2, -0.15) is 0 Å². The molecular weight excluding hydrogens is 141 g/mol. The summed E-state index contributed by atoms with van der Waals surface area (Å²) >= 11 is 2.56.